The van der Waals surface area contributed by atoms with Gasteiger partial charge in [0, 0.05) is 11.1 Å². The second-order valence-corrected chi connectivity index (χ2v) is 7.49. The number of benzene rings is 2. The van der Waals surface area contributed by atoms with Crippen molar-refractivity contribution in [3.63, 3.8) is 0 Å². The number of rotatable bonds is 4. The molecule has 0 aromatic heterocycles. The van der Waals surface area contributed by atoms with Crippen molar-refractivity contribution in [3.05, 3.63) is 71.0 Å². The van der Waals surface area contributed by atoms with Gasteiger partial charge in [0.2, 0.25) is 0 Å². The van der Waals surface area contributed by atoms with Gasteiger partial charge in [-0.2, -0.15) is 5.26 Å². The maximum atomic E-state index is 14.1. The standard InChI is InChI=1S/C19H15FN2O4S/c1-2-26-19(23)15(11-21)18-14-8-4-6-10-17(14)27(24,25)22(18)12-13-7-3-5-9-16(13)20/h3-10H,2,12H2,1H3/b18-15-. The van der Waals surface area contributed by atoms with E-state index < -0.39 is 27.4 Å². The quantitative estimate of drug-likeness (QED) is 0.458. The summed E-state index contributed by atoms with van der Waals surface area (Å²) in [6.45, 7) is 1.25. The van der Waals surface area contributed by atoms with Crippen LogP contribution in [-0.4, -0.2) is 25.3 Å². The molecular weight excluding hydrogens is 371 g/mol. The van der Waals surface area contributed by atoms with E-state index in [-0.39, 0.29) is 34.9 Å². The van der Waals surface area contributed by atoms with Gasteiger partial charge in [-0.3, -0.25) is 4.31 Å². The molecule has 3 rings (SSSR count). The van der Waals surface area contributed by atoms with Crippen LogP contribution < -0.4 is 0 Å². The Balaban J connectivity index is 2.25. The molecule has 0 bridgehead atoms. The summed E-state index contributed by atoms with van der Waals surface area (Å²) < 4.78 is 45.9. The SMILES string of the molecule is CCOC(=O)/C(C#N)=C1/c2ccccc2S(=O)(=O)N1Cc1ccccc1F. The van der Waals surface area contributed by atoms with Gasteiger partial charge < -0.3 is 4.74 Å². The van der Waals surface area contributed by atoms with Crippen molar-refractivity contribution in [1.82, 2.24) is 4.31 Å². The molecule has 1 aliphatic rings. The molecule has 0 radical (unpaired) electrons. The van der Waals surface area contributed by atoms with Crippen molar-refractivity contribution in [1.29, 1.82) is 5.26 Å². The molecule has 27 heavy (non-hydrogen) atoms. The van der Waals surface area contributed by atoms with Crippen LogP contribution in [0.15, 0.2) is 59.0 Å². The van der Waals surface area contributed by atoms with Gasteiger partial charge in [-0.05, 0) is 19.1 Å². The number of sulfonamides is 1. The first-order valence-electron chi connectivity index (χ1n) is 8.08. The third kappa shape index (κ3) is 3.17. The van der Waals surface area contributed by atoms with E-state index in [1.165, 1.54) is 36.4 Å². The zero-order chi connectivity index (χ0) is 19.6. The summed E-state index contributed by atoms with van der Waals surface area (Å²) in [5, 5.41) is 9.51. The molecule has 0 atom stereocenters. The number of fused-ring (bicyclic) bond motifs is 1. The van der Waals surface area contributed by atoms with E-state index in [1.54, 1.807) is 25.1 Å². The number of nitriles is 1. The first-order chi connectivity index (χ1) is 12.9. The van der Waals surface area contributed by atoms with Crippen LogP contribution >= 0.6 is 0 Å². The Morgan fingerprint density at radius 2 is 1.85 bits per heavy atom. The molecule has 138 valence electrons. The lowest BCUT2D eigenvalue weighted by Crippen LogP contribution is -2.26. The fraction of sp³-hybridized carbons (Fsp3) is 0.158. The van der Waals surface area contributed by atoms with Crippen molar-refractivity contribution in [2.24, 2.45) is 0 Å². The van der Waals surface area contributed by atoms with Crippen LogP contribution in [0, 0.1) is 17.1 Å². The van der Waals surface area contributed by atoms with E-state index in [9.17, 15) is 22.9 Å². The zero-order valence-corrected chi connectivity index (χ0v) is 15.2. The number of esters is 1. The number of hydrogen-bond donors (Lipinski definition) is 0. The highest BCUT2D eigenvalue weighted by molar-refractivity contribution is 7.90. The maximum absolute atomic E-state index is 14.1. The van der Waals surface area contributed by atoms with Crippen LogP contribution in [0.4, 0.5) is 4.39 Å². The molecule has 0 saturated heterocycles. The number of halogens is 1. The number of hydrogen-bond acceptors (Lipinski definition) is 5. The third-order valence-corrected chi connectivity index (χ3v) is 5.86. The van der Waals surface area contributed by atoms with E-state index in [4.69, 9.17) is 4.74 Å². The van der Waals surface area contributed by atoms with Crippen molar-refractivity contribution in [2.75, 3.05) is 6.61 Å². The van der Waals surface area contributed by atoms with Crippen LogP contribution in [0.1, 0.15) is 18.1 Å². The fourth-order valence-corrected chi connectivity index (χ4v) is 4.53. The summed E-state index contributed by atoms with van der Waals surface area (Å²) >= 11 is 0. The summed E-state index contributed by atoms with van der Waals surface area (Å²) in [4.78, 5) is 12.2. The van der Waals surface area contributed by atoms with E-state index in [0.717, 1.165) is 4.31 Å². The van der Waals surface area contributed by atoms with Crippen molar-refractivity contribution in [3.8, 4) is 6.07 Å². The first-order valence-corrected chi connectivity index (χ1v) is 9.52. The Morgan fingerprint density at radius 3 is 2.52 bits per heavy atom. The highest BCUT2D eigenvalue weighted by Crippen LogP contribution is 2.41. The minimum absolute atomic E-state index is 0.0268. The minimum atomic E-state index is -4.06. The largest absolute Gasteiger partial charge is 0.462 e. The molecule has 0 spiro atoms. The normalized spacial score (nSPS) is 16.4. The number of ether oxygens (including phenoxy) is 1. The second-order valence-electron chi connectivity index (χ2n) is 5.66. The molecular formula is C19H15FN2O4S. The van der Waals surface area contributed by atoms with Crippen LogP contribution in [0.5, 0.6) is 0 Å². The average molecular weight is 386 g/mol. The van der Waals surface area contributed by atoms with Crippen LogP contribution in [-0.2, 0) is 26.1 Å². The Hall–Kier alpha value is -3.18. The van der Waals surface area contributed by atoms with Crippen LogP contribution in [0.3, 0.4) is 0 Å². The van der Waals surface area contributed by atoms with Gasteiger partial charge in [0.15, 0.2) is 5.57 Å². The lowest BCUT2D eigenvalue weighted by Gasteiger charge is -2.20. The van der Waals surface area contributed by atoms with Gasteiger partial charge >= 0.3 is 5.97 Å². The molecule has 1 heterocycles. The Labute approximate surface area is 156 Å². The smallest absolute Gasteiger partial charge is 0.351 e. The Bertz CT molecular complexity index is 1090. The predicted octanol–water partition coefficient (Wildman–Crippen LogP) is 2.83. The monoisotopic (exact) mass is 386 g/mol. The molecule has 0 N–H and O–H groups in total. The molecule has 0 saturated carbocycles. The van der Waals surface area contributed by atoms with Crippen molar-refractivity contribution < 1.29 is 22.3 Å². The molecule has 2 aromatic carbocycles. The lowest BCUT2D eigenvalue weighted by molar-refractivity contribution is -0.137. The van der Waals surface area contributed by atoms with Gasteiger partial charge in [0.25, 0.3) is 10.0 Å². The number of carbonyl (C=O) groups is 1. The summed E-state index contributed by atoms with van der Waals surface area (Å²) in [5.74, 6) is -1.52. The topological polar surface area (TPSA) is 87.5 Å². The lowest BCUT2D eigenvalue weighted by atomic mass is 10.1. The molecule has 0 amide bonds. The van der Waals surface area contributed by atoms with Crippen molar-refractivity contribution in [2.45, 2.75) is 18.4 Å². The number of carbonyl (C=O) groups excluding carboxylic acids is 1. The molecule has 2 aromatic rings. The van der Waals surface area contributed by atoms with Gasteiger partial charge in [-0.15, -0.1) is 0 Å². The minimum Gasteiger partial charge on any atom is -0.462 e. The highest BCUT2D eigenvalue weighted by atomic mass is 32.2. The Morgan fingerprint density at radius 1 is 1.19 bits per heavy atom. The van der Waals surface area contributed by atoms with E-state index in [1.807, 2.05) is 0 Å². The molecule has 8 heteroatoms. The Kier molecular flexibility index (Phi) is 4.97. The summed E-state index contributed by atoms with van der Waals surface area (Å²) in [6.07, 6.45) is 0. The summed E-state index contributed by atoms with van der Waals surface area (Å²) in [6, 6.07) is 13.5. The number of nitrogens with zero attached hydrogens (tertiary/aromatic N) is 2. The molecule has 0 unspecified atom stereocenters. The van der Waals surface area contributed by atoms with Gasteiger partial charge in [0.1, 0.15) is 11.9 Å². The van der Waals surface area contributed by atoms with Crippen LogP contribution in [0.25, 0.3) is 5.70 Å². The van der Waals surface area contributed by atoms with Gasteiger partial charge in [-0.1, -0.05) is 36.4 Å². The highest BCUT2D eigenvalue weighted by Gasteiger charge is 2.41. The average Bonchev–Trinajstić information content (AvgIpc) is 2.86. The molecule has 0 aliphatic carbocycles. The van der Waals surface area contributed by atoms with Crippen LogP contribution in [0.2, 0.25) is 0 Å². The predicted molar refractivity (Wildman–Crippen MR) is 94.7 cm³/mol. The van der Waals surface area contributed by atoms with E-state index >= 15 is 0 Å². The fourth-order valence-electron chi connectivity index (χ4n) is 2.86. The van der Waals surface area contributed by atoms with E-state index in [0.29, 0.717) is 0 Å². The molecule has 0 fully saturated rings. The maximum Gasteiger partial charge on any atom is 0.351 e. The van der Waals surface area contributed by atoms with Gasteiger partial charge in [-0.25, -0.2) is 17.6 Å². The van der Waals surface area contributed by atoms with Crippen molar-refractivity contribution >= 4 is 21.7 Å². The second kappa shape index (κ2) is 7.21. The van der Waals surface area contributed by atoms with Gasteiger partial charge in [0.05, 0.1) is 23.7 Å². The third-order valence-electron chi connectivity index (χ3n) is 4.06. The molecule has 1 aliphatic heterocycles. The van der Waals surface area contributed by atoms with E-state index in [2.05, 4.69) is 0 Å². The molecule has 6 nitrogen and oxygen atoms in total. The summed E-state index contributed by atoms with van der Waals surface area (Å²) in [5.41, 5.74) is -0.220. The first kappa shape index (κ1) is 18.6. The zero-order valence-electron chi connectivity index (χ0n) is 14.3. The summed E-state index contributed by atoms with van der Waals surface area (Å²) in [7, 11) is -4.06.